The van der Waals surface area contributed by atoms with Crippen LogP contribution in [0.15, 0.2) is 48.7 Å². The van der Waals surface area contributed by atoms with Crippen molar-refractivity contribution in [3.8, 4) is 16.9 Å². The molecule has 2 saturated heterocycles. The maximum absolute atomic E-state index is 12.6. The summed E-state index contributed by atoms with van der Waals surface area (Å²) in [6, 6.07) is 14.2. The van der Waals surface area contributed by atoms with Crippen LogP contribution < -0.4 is 10.2 Å². The van der Waals surface area contributed by atoms with Crippen LogP contribution in [0.25, 0.3) is 22.0 Å². The summed E-state index contributed by atoms with van der Waals surface area (Å²) in [5.74, 6) is 0.927. The van der Waals surface area contributed by atoms with E-state index in [-0.39, 0.29) is 17.9 Å². The molecule has 36 heavy (non-hydrogen) atoms. The molecule has 2 aromatic carbocycles. The van der Waals surface area contributed by atoms with Crippen molar-refractivity contribution in [1.29, 1.82) is 0 Å². The molecule has 2 amide bonds. The summed E-state index contributed by atoms with van der Waals surface area (Å²) in [6.07, 6.45) is 7.78. The van der Waals surface area contributed by atoms with Crippen LogP contribution in [0.1, 0.15) is 44.1 Å². The number of urea groups is 1. The number of fused-ring (bicyclic) bond motifs is 2. The molecule has 2 fully saturated rings. The third kappa shape index (κ3) is 4.63. The highest BCUT2D eigenvalue weighted by Gasteiger charge is 2.40. The van der Waals surface area contributed by atoms with Crippen LogP contribution in [-0.2, 0) is 16.0 Å². The van der Waals surface area contributed by atoms with E-state index in [1.807, 2.05) is 12.1 Å². The van der Waals surface area contributed by atoms with Gasteiger partial charge in [-0.25, -0.2) is 15.1 Å². The number of aryl methyl sites for hydroxylation is 1. The minimum absolute atomic E-state index is 0.207. The van der Waals surface area contributed by atoms with E-state index in [2.05, 4.69) is 40.8 Å². The molecule has 3 aromatic rings. The van der Waals surface area contributed by atoms with Gasteiger partial charge < -0.3 is 14.4 Å². The van der Waals surface area contributed by atoms with E-state index in [4.69, 9.17) is 25.9 Å². The summed E-state index contributed by atoms with van der Waals surface area (Å²) in [4.78, 5) is 24.3. The zero-order valence-electron chi connectivity index (χ0n) is 20.2. The smallest absolute Gasteiger partial charge is 0.341 e. The van der Waals surface area contributed by atoms with Crippen molar-refractivity contribution in [2.24, 2.45) is 0 Å². The Morgan fingerprint density at radius 3 is 2.86 bits per heavy atom. The Morgan fingerprint density at radius 1 is 1.14 bits per heavy atom. The van der Waals surface area contributed by atoms with Crippen LogP contribution >= 0.6 is 11.6 Å². The predicted molar refractivity (Wildman–Crippen MR) is 138 cm³/mol. The highest BCUT2D eigenvalue weighted by molar-refractivity contribution is 6.37. The number of amides is 2. The fraction of sp³-hybridized carbons (Fsp3) is 0.429. The Bertz CT molecular complexity index is 1270. The second kappa shape index (κ2) is 9.88. The first-order chi connectivity index (χ1) is 17.6. The number of nitrogens with one attached hydrogen (secondary N) is 1. The molecule has 0 bridgehead atoms. The van der Waals surface area contributed by atoms with E-state index in [9.17, 15) is 4.79 Å². The summed E-state index contributed by atoms with van der Waals surface area (Å²) in [7, 11) is 0. The number of ether oxygens (including phenoxy) is 2. The number of pyridine rings is 1. The first-order valence-corrected chi connectivity index (χ1v) is 13.2. The standard InChI is InChI=1S/C28H30ClN3O4/c29-25-22(8-6-19-4-3-14-30-26(19)25)20-7-9-23-21(18-20)10-11-28(35-23)12-15-32(16-13-28)27(33)31-36-24-5-1-2-17-34-24/h3-4,6-9,14,18,24H,1-2,5,10-13,15-17H2,(H,31,33). The predicted octanol–water partition coefficient (Wildman–Crippen LogP) is 5.88. The molecule has 6 rings (SSSR count). The van der Waals surface area contributed by atoms with E-state index in [1.165, 1.54) is 5.56 Å². The van der Waals surface area contributed by atoms with E-state index < -0.39 is 0 Å². The monoisotopic (exact) mass is 507 g/mol. The molecule has 7 nitrogen and oxygen atoms in total. The molecule has 0 radical (unpaired) electrons. The first kappa shape index (κ1) is 23.5. The number of likely N-dealkylation sites (tertiary alicyclic amines) is 1. The number of aromatic nitrogens is 1. The van der Waals surface area contributed by atoms with Crippen LogP contribution in [0, 0.1) is 0 Å². The van der Waals surface area contributed by atoms with Crippen molar-refractivity contribution in [3.05, 3.63) is 59.2 Å². The van der Waals surface area contributed by atoms with Gasteiger partial charge in [0.2, 0.25) is 0 Å². The van der Waals surface area contributed by atoms with Crippen molar-refractivity contribution in [1.82, 2.24) is 15.4 Å². The Kier molecular flexibility index (Phi) is 6.46. The van der Waals surface area contributed by atoms with Gasteiger partial charge in [-0.3, -0.25) is 4.98 Å². The number of nitrogens with zero attached hydrogens (tertiary/aromatic N) is 2. The van der Waals surface area contributed by atoms with Crippen LogP contribution in [0.4, 0.5) is 4.79 Å². The number of hydrogen-bond acceptors (Lipinski definition) is 5. The summed E-state index contributed by atoms with van der Waals surface area (Å²) in [6.45, 7) is 1.95. The third-order valence-corrected chi connectivity index (χ3v) is 8.02. The van der Waals surface area contributed by atoms with Gasteiger partial charge in [0.1, 0.15) is 11.4 Å². The zero-order valence-corrected chi connectivity index (χ0v) is 20.9. The van der Waals surface area contributed by atoms with E-state index in [1.54, 1.807) is 11.1 Å². The fourth-order valence-electron chi connectivity index (χ4n) is 5.48. The lowest BCUT2D eigenvalue weighted by molar-refractivity contribution is -0.188. The topological polar surface area (TPSA) is 72.9 Å². The van der Waals surface area contributed by atoms with Crippen LogP contribution in [0.3, 0.4) is 0 Å². The van der Waals surface area contributed by atoms with E-state index in [0.717, 1.165) is 72.7 Å². The van der Waals surface area contributed by atoms with Crippen LogP contribution in [0.2, 0.25) is 5.02 Å². The summed E-state index contributed by atoms with van der Waals surface area (Å²) in [5.41, 5.74) is 6.39. The number of carbonyl (C=O) groups excluding carboxylic acids is 1. The Balaban J connectivity index is 1.10. The van der Waals surface area contributed by atoms with Gasteiger partial charge >= 0.3 is 6.03 Å². The highest BCUT2D eigenvalue weighted by atomic mass is 35.5. The quantitative estimate of drug-likeness (QED) is 0.448. The average Bonchev–Trinajstić information content (AvgIpc) is 2.93. The van der Waals surface area contributed by atoms with Crippen molar-refractivity contribution in [2.75, 3.05) is 19.7 Å². The fourth-order valence-corrected chi connectivity index (χ4v) is 5.81. The number of carbonyl (C=O) groups is 1. The molecule has 3 aliphatic rings. The van der Waals surface area contributed by atoms with E-state index >= 15 is 0 Å². The molecular formula is C28H30ClN3O4. The lowest BCUT2D eigenvalue weighted by Crippen LogP contribution is -2.53. The largest absolute Gasteiger partial charge is 0.487 e. The van der Waals surface area contributed by atoms with Crippen molar-refractivity contribution >= 4 is 28.5 Å². The molecule has 8 heteroatoms. The molecule has 3 aliphatic heterocycles. The lowest BCUT2D eigenvalue weighted by Gasteiger charge is -2.44. The number of benzene rings is 2. The molecule has 1 N–H and O–H groups in total. The SMILES string of the molecule is O=C(NOC1CCCCO1)N1CCC2(CCc3cc(-c4ccc5cccnc5c4Cl)ccc3O2)CC1. The van der Waals surface area contributed by atoms with Gasteiger partial charge in [0.25, 0.3) is 0 Å². The van der Waals surface area contributed by atoms with Gasteiger partial charge in [-0.05, 0) is 55.0 Å². The lowest BCUT2D eigenvalue weighted by atomic mass is 9.82. The summed E-state index contributed by atoms with van der Waals surface area (Å²) in [5, 5.41) is 1.70. The maximum atomic E-state index is 12.6. The van der Waals surface area contributed by atoms with Crippen molar-refractivity contribution in [3.63, 3.8) is 0 Å². The second-order valence-electron chi connectivity index (χ2n) is 9.92. The molecule has 0 aliphatic carbocycles. The number of rotatable bonds is 3. The summed E-state index contributed by atoms with van der Waals surface area (Å²) >= 11 is 6.73. The van der Waals surface area contributed by atoms with Gasteiger partial charge in [-0.2, -0.15) is 0 Å². The molecule has 1 unspecified atom stereocenters. The Hall–Kier alpha value is -2.87. The molecule has 188 valence electrons. The Labute approximate surface area is 215 Å². The molecule has 0 saturated carbocycles. The minimum Gasteiger partial charge on any atom is -0.487 e. The number of halogens is 1. The Morgan fingerprint density at radius 2 is 2.03 bits per heavy atom. The molecular weight excluding hydrogens is 478 g/mol. The summed E-state index contributed by atoms with van der Waals surface area (Å²) < 4.78 is 12.1. The molecule has 1 atom stereocenters. The second-order valence-corrected chi connectivity index (χ2v) is 10.3. The first-order valence-electron chi connectivity index (χ1n) is 12.8. The molecule has 1 aromatic heterocycles. The van der Waals surface area contributed by atoms with Crippen molar-refractivity contribution in [2.45, 2.75) is 56.8 Å². The van der Waals surface area contributed by atoms with E-state index in [0.29, 0.717) is 24.7 Å². The number of hydroxylamine groups is 1. The number of hydrogen-bond donors (Lipinski definition) is 1. The average molecular weight is 508 g/mol. The third-order valence-electron chi connectivity index (χ3n) is 7.64. The maximum Gasteiger partial charge on any atom is 0.341 e. The van der Waals surface area contributed by atoms with Gasteiger partial charge in [0.15, 0.2) is 6.29 Å². The molecule has 1 spiro atoms. The van der Waals surface area contributed by atoms with Crippen LogP contribution in [0.5, 0.6) is 5.75 Å². The van der Waals surface area contributed by atoms with Crippen LogP contribution in [-0.4, -0.2) is 47.5 Å². The number of piperidine rings is 1. The van der Waals surface area contributed by atoms with Gasteiger partial charge in [-0.15, -0.1) is 0 Å². The van der Waals surface area contributed by atoms with Gasteiger partial charge in [0.05, 0.1) is 10.5 Å². The zero-order chi connectivity index (χ0) is 24.5. The normalized spacial score (nSPS) is 21.1. The van der Waals surface area contributed by atoms with Crippen molar-refractivity contribution < 1.29 is 19.1 Å². The highest BCUT2D eigenvalue weighted by Crippen LogP contribution is 2.42. The van der Waals surface area contributed by atoms with Gasteiger partial charge in [0, 0.05) is 56.1 Å². The molecule has 4 heterocycles. The van der Waals surface area contributed by atoms with Gasteiger partial charge in [-0.1, -0.05) is 35.9 Å². The minimum atomic E-state index is -0.345.